The second-order valence-electron chi connectivity index (χ2n) is 3.40. The Morgan fingerprint density at radius 2 is 1.85 bits per heavy atom. The summed E-state index contributed by atoms with van der Waals surface area (Å²) in [6.07, 6.45) is 5.53. The molecule has 3 nitrogen and oxygen atoms in total. The molecule has 13 heavy (non-hydrogen) atoms. The molecule has 0 aromatic carbocycles. The highest BCUT2D eigenvalue weighted by atomic mass is 28.2. The Morgan fingerprint density at radius 3 is 2.23 bits per heavy atom. The Kier molecular flexibility index (Phi) is 4.89. The Morgan fingerprint density at radius 1 is 1.31 bits per heavy atom. The summed E-state index contributed by atoms with van der Waals surface area (Å²) in [5.74, 6) is 0. The minimum atomic E-state index is 0.136. The first kappa shape index (κ1) is 11.1. The minimum absolute atomic E-state index is 0.136. The van der Waals surface area contributed by atoms with Crippen molar-refractivity contribution in [2.24, 2.45) is 0 Å². The second-order valence-corrected chi connectivity index (χ2v) is 4.35. The van der Waals surface area contributed by atoms with Crippen molar-refractivity contribution in [1.29, 1.82) is 0 Å². The number of aliphatic hydroxyl groups is 1. The maximum Gasteiger partial charge on any atom is 0.146 e. The Hall–Kier alpha value is 0.0538. The number of aliphatic hydroxyl groups excluding tert-OH is 1. The van der Waals surface area contributed by atoms with Crippen molar-refractivity contribution in [2.75, 3.05) is 6.61 Å². The van der Waals surface area contributed by atoms with E-state index in [1.54, 1.807) is 0 Å². The molecule has 1 saturated carbocycles. The molecule has 0 saturated heterocycles. The molecule has 2 atom stereocenters. The van der Waals surface area contributed by atoms with Crippen LogP contribution in [0.1, 0.15) is 19.3 Å². The van der Waals surface area contributed by atoms with Gasteiger partial charge in [-0.1, -0.05) is 11.6 Å². The van der Waals surface area contributed by atoms with E-state index < -0.39 is 0 Å². The highest BCUT2D eigenvalue weighted by Crippen LogP contribution is 2.26. The predicted molar refractivity (Wildman–Crippen MR) is 58.6 cm³/mol. The lowest BCUT2D eigenvalue weighted by molar-refractivity contribution is 0.101. The fraction of sp³-hybridized carbons (Fsp3) is 0.750. The van der Waals surface area contributed by atoms with E-state index in [0.717, 1.165) is 40.2 Å². The molecular formula is C8H18O3Si2. The normalized spacial score (nSPS) is 29.5. The van der Waals surface area contributed by atoms with Crippen molar-refractivity contribution in [3.63, 3.8) is 0 Å². The zero-order valence-corrected chi connectivity index (χ0v) is 12.3. The van der Waals surface area contributed by atoms with E-state index in [1.807, 2.05) is 6.08 Å². The lowest BCUT2D eigenvalue weighted by Gasteiger charge is -2.30. The van der Waals surface area contributed by atoms with E-state index in [-0.39, 0.29) is 6.61 Å². The molecule has 0 aromatic rings. The van der Waals surface area contributed by atoms with Crippen LogP contribution in [-0.2, 0) is 8.85 Å². The monoisotopic (exact) mass is 218 g/mol. The maximum absolute atomic E-state index is 8.80. The predicted octanol–water partition coefficient (Wildman–Crippen LogP) is -1.58. The number of hydrogen-bond donors (Lipinski definition) is 1. The van der Waals surface area contributed by atoms with Gasteiger partial charge >= 0.3 is 0 Å². The van der Waals surface area contributed by atoms with Crippen LogP contribution < -0.4 is 0 Å². The van der Waals surface area contributed by atoms with Crippen LogP contribution in [0.4, 0.5) is 0 Å². The molecule has 0 radical (unpaired) electrons. The fourth-order valence-corrected chi connectivity index (χ4v) is 2.50. The lowest BCUT2D eigenvalue weighted by Crippen LogP contribution is -2.28. The largest absolute Gasteiger partial charge is 0.425 e. The van der Waals surface area contributed by atoms with Gasteiger partial charge in [-0.05, 0) is 19.3 Å². The van der Waals surface area contributed by atoms with E-state index in [9.17, 15) is 0 Å². The van der Waals surface area contributed by atoms with Gasteiger partial charge in [0, 0.05) is 12.2 Å². The quantitative estimate of drug-likeness (QED) is 0.459. The van der Waals surface area contributed by atoms with Gasteiger partial charge in [-0.3, -0.25) is 0 Å². The summed E-state index contributed by atoms with van der Waals surface area (Å²) in [6, 6.07) is 0. The average molecular weight is 218 g/mol. The summed E-state index contributed by atoms with van der Waals surface area (Å²) in [5.41, 5.74) is 1.29. The van der Waals surface area contributed by atoms with Gasteiger partial charge < -0.3 is 14.0 Å². The standard InChI is InChI=1S/C8H18O3Si2/c9-2-1-6-3-7(10-12)5-8(4-6)11-13/h1,7-9H,2-5H2,12-13H3. The van der Waals surface area contributed by atoms with Crippen molar-refractivity contribution in [3.05, 3.63) is 11.6 Å². The molecular weight excluding hydrogens is 200 g/mol. The summed E-state index contributed by atoms with van der Waals surface area (Å²) < 4.78 is 10.9. The maximum atomic E-state index is 8.80. The van der Waals surface area contributed by atoms with Crippen molar-refractivity contribution in [2.45, 2.75) is 31.5 Å². The molecule has 5 heteroatoms. The minimum Gasteiger partial charge on any atom is -0.425 e. The van der Waals surface area contributed by atoms with Gasteiger partial charge in [-0.15, -0.1) is 0 Å². The average Bonchev–Trinajstić information content (AvgIpc) is 2.17. The number of hydrogen-bond acceptors (Lipinski definition) is 3. The summed E-state index contributed by atoms with van der Waals surface area (Å²) in [6.45, 7) is 0.136. The van der Waals surface area contributed by atoms with Gasteiger partial charge in [0.15, 0.2) is 0 Å². The summed E-state index contributed by atoms with van der Waals surface area (Å²) >= 11 is 0. The first-order valence-electron chi connectivity index (χ1n) is 4.64. The molecule has 0 bridgehead atoms. The van der Waals surface area contributed by atoms with Crippen LogP contribution in [0.2, 0.25) is 0 Å². The van der Waals surface area contributed by atoms with Crippen LogP contribution in [0.3, 0.4) is 0 Å². The third-order valence-corrected chi connectivity index (χ3v) is 3.89. The molecule has 0 aromatic heterocycles. The van der Waals surface area contributed by atoms with Crippen LogP contribution in [0.25, 0.3) is 0 Å². The van der Waals surface area contributed by atoms with Gasteiger partial charge in [-0.2, -0.15) is 0 Å². The molecule has 2 unspecified atom stereocenters. The zero-order chi connectivity index (χ0) is 9.68. The number of rotatable bonds is 3. The van der Waals surface area contributed by atoms with Gasteiger partial charge in [0.2, 0.25) is 0 Å². The van der Waals surface area contributed by atoms with E-state index in [2.05, 4.69) is 0 Å². The smallest absolute Gasteiger partial charge is 0.146 e. The summed E-state index contributed by atoms with van der Waals surface area (Å²) in [7, 11) is 1.57. The van der Waals surface area contributed by atoms with Crippen molar-refractivity contribution < 1.29 is 14.0 Å². The van der Waals surface area contributed by atoms with Crippen LogP contribution >= 0.6 is 0 Å². The first-order chi connectivity index (χ1) is 6.30. The molecule has 1 rings (SSSR count). The van der Waals surface area contributed by atoms with Crippen LogP contribution in [-0.4, -0.2) is 44.9 Å². The van der Waals surface area contributed by atoms with Crippen molar-refractivity contribution in [1.82, 2.24) is 0 Å². The second kappa shape index (κ2) is 5.71. The molecule has 1 N–H and O–H groups in total. The van der Waals surface area contributed by atoms with Crippen LogP contribution in [0.5, 0.6) is 0 Å². The fourth-order valence-electron chi connectivity index (χ4n) is 1.78. The highest BCUT2D eigenvalue weighted by molar-refractivity contribution is 5.98. The van der Waals surface area contributed by atoms with Crippen molar-refractivity contribution in [3.8, 4) is 0 Å². The Labute approximate surface area is 85.2 Å². The molecule has 1 fully saturated rings. The van der Waals surface area contributed by atoms with Crippen LogP contribution in [0, 0.1) is 0 Å². The molecule has 0 spiro atoms. The van der Waals surface area contributed by atoms with Crippen molar-refractivity contribution >= 4 is 21.0 Å². The Bertz CT molecular complexity index is 170. The Balaban J connectivity index is 2.54. The summed E-state index contributed by atoms with van der Waals surface area (Å²) in [5, 5.41) is 8.80. The molecule has 76 valence electrons. The SMILES string of the molecule is OCC=C1CC(O[SiH3])CC(O[SiH3])C1. The first-order valence-corrected chi connectivity index (χ1v) is 6.27. The molecule has 1 aliphatic carbocycles. The van der Waals surface area contributed by atoms with E-state index >= 15 is 0 Å². The molecule has 0 heterocycles. The topological polar surface area (TPSA) is 38.7 Å². The van der Waals surface area contributed by atoms with Gasteiger partial charge in [-0.25, -0.2) is 0 Å². The van der Waals surface area contributed by atoms with E-state index in [4.69, 9.17) is 14.0 Å². The molecule has 0 aliphatic heterocycles. The van der Waals surface area contributed by atoms with E-state index in [0.29, 0.717) is 12.2 Å². The van der Waals surface area contributed by atoms with E-state index in [1.165, 1.54) is 5.57 Å². The van der Waals surface area contributed by atoms with Crippen LogP contribution in [0.15, 0.2) is 11.6 Å². The molecule has 1 aliphatic rings. The molecule has 0 amide bonds. The third kappa shape index (κ3) is 3.36. The zero-order valence-electron chi connectivity index (χ0n) is 8.32. The third-order valence-electron chi connectivity index (χ3n) is 2.55. The lowest BCUT2D eigenvalue weighted by atomic mass is 9.90. The van der Waals surface area contributed by atoms with Gasteiger partial charge in [0.05, 0.1) is 6.61 Å². The summed E-state index contributed by atoms with van der Waals surface area (Å²) in [4.78, 5) is 0. The highest BCUT2D eigenvalue weighted by Gasteiger charge is 2.23. The van der Waals surface area contributed by atoms with Gasteiger partial charge in [0.25, 0.3) is 0 Å². The van der Waals surface area contributed by atoms with Gasteiger partial charge in [0.1, 0.15) is 21.0 Å².